The van der Waals surface area contributed by atoms with Crippen LogP contribution in [0.3, 0.4) is 0 Å². The lowest BCUT2D eigenvalue weighted by atomic mass is 9.99. The molecule has 0 bridgehead atoms. The number of carboxylic acid groups (broad SMARTS) is 1. The van der Waals surface area contributed by atoms with Gasteiger partial charge < -0.3 is 9.84 Å². The molecule has 27 heavy (non-hydrogen) atoms. The van der Waals surface area contributed by atoms with E-state index in [2.05, 4.69) is 6.92 Å². The van der Waals surface area contributed by atoms with E-state index in [1.54, 1.807) is 12.1 Å². The number of para-hydroxylation sites is 1. The van der Waals surface area contributed by atoms with E-state index in [4.69, 9.17) is 4.74 Å². The smallest absolute Gasteiger partial charge is 0.336 e. The summed E-state index contributed by atoms with van der Waals surface area (Å²) in [6.45, 7) is 2.91. The van der Waals surface area contributed by atoms with Crippen LogP contribution in [0.4, 0.5) is 0 Å². The third-order valence-electron chi connectivity index (χ3n) is 4.59. The molecule has 0 aliphatic carbocycles. The Hall–Kier alpha value is -2.00. The lowest BCUT2D eigenvalue weighted by Gasteiger charge is -2.13. The zero-order valence-corrected chi connectivity index (χ0v) is 17.0. The lowest BCUT2D eigenvalue weighted by molar-refractivity contribution is 0.0697. The second kappa shape index (κ2) is 13.2. The minimum absolute atomic E-state index is 0. The number of benzene rings is 2. The van der Waals surface area contributed by atoms with Gasteiger partial charge in [-0.3, -0.25) is 0 Å². The van der Waals surface area contributed by atoms with Gasteiger partial charge in [-0.15, -0.1) is 12.4 Å². The van der Waals surface area contributed by atoms with Crippen LogP contribution >= 0.6 is 12.4 Å². The van der Waals surface area contributed by atoms with E-state index < -0.39 is 5.97 Å². The number of rotatable bonds is 12. The van der Waals surface area contributed by atoms with Crippen LogP contribution < -0.4 is 4.74 Å². The summed E-state index contributed by atoms with van der Waals surface area (Å²) in [4.78, 5) is 11.5. The molecule has 0 radical (unpaired) electrons. The quantitative estimate of drug-likeness (QED) is 0.397. The first-order chi connectivity index (χ1) is 12.7. The van der Waals surface area contributed by atoms with Crippen molar-refractivity contribution >= 4 is 18.4 Å². The molecule has 0 saturated carbocycles. The predicted molar refractivity (Wildman–Crippen MR) is 114 cm³/mol. The fourth-order valence-corrected chi connectivity index (χ4v) is 3.14. The Morgan fingerprint density at radius 1 is 0.815 bits per heavy atom. The minimum Gasteiger partial charge on any atom is -0.493 e. The number of hydrogen-bond acceptors (Lipinski definition) is 2. The van der Waals surface area contributed by atoms with Crippen molar-refractivity contribution in [2.75, 3.05) is 6.61 Å². The second-order valence-electron chi connectivity index (χ2n) is 6.67. The molecule has 0 spiro atoms. The standard InChI is InChI=1S/C23H30O3.ClH/c1-2-3-4-5-6-7-8-13-18-26-22-17-12-11-15-20(22)19-14-9-10-16-21(19)23(24)25;/h9-12,14-17H,2-8,13,18H2,1H3,(H,24,25);1H. The van der Waals surface area contributed by atoms with Gasteiger partial charge in [0.1, 0.15) is 5.75 Å². The molecule has 148 valence electrons. The van der Waals surface area contributed by atoms with Gasteiger partial charge in [0.15, 0.2) is 0 Å². The number of carboxylic acids is 1. The Kier molecular flexibility index (Phi) is 11.3. The average Bonchev–Trinajstić information content (AvgIpc) is 2.67. The largest absolute Gasteiger partial charge is 0.493 e. The van der Waals surface area contributed by atoms with Crippen molar-refractivity contribution in [3.63, 3.8) is 0 Å². The van der Waals surface area contributed by atoms with Crippen molar-refractivity contribution in [2.24, 2.45) is 0 Å². The Labute approximate surface area is 169 Å². The summed E-state index contributed by atoms with van der Waals surface area (Å²) in [7, 11) is 0. The third-order valence-corrected chi connectivity index (χ3v) is 4.59. The molecule has 2 aromatic rings. The van der Waals surface area contributed by atoms with Crippen LogP contribution in [0.25, 0.3) is 11.1 Å². The highest BCUT2D eigenvalue weighted by atomic mass is 35.5. The highest BCUT2D eigenvalue weighted by Crippen LogP contribution is 2.32. The van der Waals surface area contributed by atoms with E-state index in [9.17, 15) is 9.90 Å². The van der Waals surface area contributed by atoms with E-state index in [-0.39, 0.29) is 12.4 Å². The van der Waals surface area contributed by atoms with Crippen LogP contribution in [0.1, 0.15) is 68.6 Å². The SMILES string of the molecule is CCCCCCCCCCOc1ccccc1-c1ccccc1C(=O)O.Cl. The number of carbonyl (C=O) groups is 1. The van der Waals surface area contributed by atoms with Gasteiger partial charge in [0, 0.05) is 5.56 Å². The van der Waals surface area contributed by atoms with E-state index >= 15 is 0 Å². The molecule has 0 atom stereocenters. The fourth-order valence-electron chi connectivity index (χ4n) is 3.14. The monoisotopic (exact) mass is 390 g/mol. The fraction of sp³-hybridized carbons (Fsp3) is 0.435. The molecule has 0 amide bonds. The second-order valence-corrected chi connectivity index (χ2v) is 6.67. The number of ether oxygens (including phenoxy) is 1. The molecule has 0 aliphatic rings. The molecule has 0 heterocycles. The number of unbranched alkanes of at least 4 members (excludes halogenated alkanes) is 7. The van der Waals surface area contributed by atoms with Crippen LogP contribution in [0.5, 0.6) is 5.75 Å². The van der Waals surface area contributed by atoms with Crippen LogP contribution in [-0.4, -0.2) is 17.7 Å². The molecular formula is C23H31ClO3. The van der Waals surface area contributed by atoms with Gasteiger partial charge >= 0.3 is 5.97 Å². The van der Waals surface area contributed by atoms with Crippen LogP contribution in [0.15, 0.2) is 48.5 Å². The summed E-state index contributed by atoms with van der Waals surface area (Å²) in [5, 5.41) is 9.43. The van der Waals surface area contributed by atoms with Crippen molar-refractivity contribution in [1.82, 2.24) is 0 Å². The van der Waals surface area contributed by atoms with E-state index in [1.807, 2.05) is 36.4 Å². The highest BCUT2D eigenvalue weighted by Gasteiger charge is 2.14. The first-order valence-corrected chi connectivity index (χ1v) is 9.78. The molecule has 0 unspecified atom stereocenters. The summed E-state index contributed by atoms with van der Waals surface area (Å²) >= 11 is 0. The molecule has 4 heteroatoms. The molecule has 2 aromatic carbocycles. The van der Waals surface area contributed by atoms with Gasteiger partial charge in [-0.1, -0.05) is 88.3 Å². The molecule has 0 fully saturated rings. The van der Waals surface area contributed by atoms with Crippen molar-refractivity contribution in [3.05, 3.63) is 54.1 Å². The van der Waals surface area contributed by atoms with Gasteiger partial charge in [-0.2, -0.15) is 0 Å². The third kappa shape index (κ3) is 7.64. The van der Waals surface area contributed by atoms with Crippen LogP contribution in [-0.2, 0) is 0 Å². The Morgan fingerprint density at radius 3 is 2.04 bits per heavy atom. The highest BCUT2D eigenvalue weighted by molar-refractivity contribution is 5.96. The average molecular weight is 391 g/mol. The van der Waals surface area contributed by atoms with Crippen LogP contribution in [0.2, 0.25) is 0 Å². The molecule has 2 rings (SSSR count). The molecule has 0 aliphatic heterocycles. The molecular weight excluding hydrogens is 360 g/mol. The van der Waals surface area contributed by atoms with Crippen LogP contribution in [0, 0.1) is 0 Å². The maximum Gasteiger partial charge on any atom is 0.336 e. The normalized spacial score (nSPS) is 10.3. The van der Waals surface area contributed by atoms with Gasteiger partial charge in [0.2, 0.25) is 0 Å². The topological polar surface area (TPSA) is 46.5 Å². The van der Waals surface area contributed by atoms with Gasteiger partial charge in [0.25, 0.3) is 0 Å². The molecule has 1 N–H and O–H groups in total. The minimum atomic E-state index is -0.918. The van der Waals surface area contributed by atoms with Crippen molar-refractivity contribution < 1.29 is 14.6 Å². The van der Waals surface area contributed by atoms with Gasteiger partial charge in [-0.05, 0) is 24.1 Å². The summed E-state index contributed by atoms with van der Waals surface area (Å²) in [5.41, 5.74) is 1.84. The zero-order chi connectivity index (χ0) is 18.6. The predicted octanol–water partition coefficient (Wildman–Crippen LogP) is 6.99. The lowest BCUT2D eigenvalue weighted by Crippen LogP contribution is -2.02. The Morgan fingerprint density at radius 2 is 1.37 bits per heavy atom. The summed E-state index contributed by atoms with van der Waals surface area (Å²) in [6.07, 6.45) is 10.1. The molecule has 0 saturated heterocycles. The van der Waals surface area contributed by atoms with Crippen molar-refractivity contribution in [3.8, 4) is 16.9 Å². The van der Waals surface area contributed by atoms with Crippen molar-refractivity contribution in [2.45, 2.75) is 58.3 Å². The summed E-state index contributed by atoms with van der Waals surface area (Å²) < 4.78 is 5.98. The van der Waals surface area contributed by atoms with E-state index in [0.29, 0.717) is 17.7 Å². The first kappa shape index (κ1) is 23.0. The Balaban J connectivity index is 0.00000364. The van der Waals surface area contributed by atoms with Crippen molar-refractivity contribution in [1.29, 1.82) is 0 Å². The van der Waals surface area contributed by atoms with Gasteiger partial charge in [0.05, 0.1) is 12.2 Å². The number of halogens is 1. The number of aromatic carboxylic acids is 1. The summed E-state index contributed by atoms with van der Waals surface area (Å²) in [5.74, 6) is -0.164. The van der Waals surface area contributed by atoms with E-state index in [1.165, 1.54) is 44.9 Å². The first-order valence-electron chi connectivity index (χ1n) is 9.78. The molecule has 0 aromatic heterocycles. The summed E-state index contributed by atoms with van der Waals surface area (Å²) in [6, 6.07) is 14.7. The maximum absolute atomic E-state index is 11.5. The maximum atomic E-state index is 11.5. The number of hydrogen-bond donors (Lipinski definition) is 1. The van der Waals surface area contributed by atoms with Gasteiger partial charge in [-0.25, -0.2) is 4.79 Å². The Bertz CT molecular complexity index is 685. The molecule has 3 nitrogen and oxygen atoms in total. The zero-order valence-electron chi connectivity index (χ0n) is 16.2. The van der Waals surface area contributed by atoms with E-state index in [0.717, 1.165) is 17.7 Å².